The van der Waals surface area contributed by atoms with Crippen molar-refractivity contribution >= 4 is 11.9 Å². The maximum Gasteiger partial charge on any atom is 0.324 e. The predicted octanol–water partition coefficient (Wildman–Crippen LogP) is 2.13. The lowest BCUT2D eigenvalue weighted by atomic mass is 10.0. The van der Waals surface area contributed by atoms with E-state index in [1.807, 2.05) is 12.1 Å². The molecule has 1 N–H and O–H groups in total. The van der Waals surface area contributed by atoms with Crippen molar-refractivity contribution < 1.29 is 14.3 Å². The first-order chi connectivity index (χ1) is 9.58. The van der Waals surface area contributed by atoms with Crippen molar-refractivity contribution in [2.45, 2.75) is 26.2 Å². The van der Waals surface area contributed by atoms with Crippen LogP contribution in [0.1, 0.15) is 31.7 Å². The summed E-state index contributed by atoms with van der Waals surface area (Å²) in [7, 11) is 0. The molecule has 0 unspecified atom stereocenters. The van der Waals surface area contributed by atoms with Gasteiger partial charge in [0.05, 0.1) is 13.2 Å². The topological polar surface area (TPSA) is 58.6 Å². The van der Waals surface area contributed by atoms with Crippen molar-refractivity contribution in [2.75, 3.05) is 19.7 Å². The average Bonchev–Trinajstić information content (AvgIpc) is 2.75. The van der Waals surface area contributed by atoms with Crippen LogP contribution in [-0.4, -0.2) is 36.5 Å². The Labute approximate surface area is 118 Å². The van der Waals surface area contributed by atoms with Gasteiger partial charge in [-0.25, -0.2) is 4.79 Å². The minimum absolute atomic E-state index is 0.107. The lowest BCUT2D eigenvalue weighted by molar-refractivity contribution is -0.125. The second-order valence-corrected chi connectivity index (χ2v) is 5.13. The molecule has 0 spiro atoms. The molecule has 1 aromatic rings. The van der Waals surface area contributed by atoms with E-state index in [0.29, 0.717) is 25.5 Å². The van der Waals surface area contributed by atoms with Crippen molar-refractivity contribution in [1.29, 1.82) is 0 Å². The molecule has 0 bridgehead atoms. The molecule has 2 rings (SSSR count). The first kappa shape index (κ1) is 14.4. The van der Waals surface area contributed by atoms with E-state index in [2.05, 4.69) is 31.3 Å². The predicted molar refractivity (Wildman–Crippen MR) is 75.8 cm³/mol. The number of carbonyl (C=O) groups is 2. The zero-order valence-electron chi connectivity index (χ0n) is 11.9. The first-order valence-corrected chi connectivity index (χ1v) is 6.89. The molecular weight excluding hydrogens is 256 g/mol. The Morgan fingerprint density at radius 3 is 2.50 bits per heavy atom. The molecule has 0 aromatic heterocycles. The lowest BCUT2D eigenvalue weighted by Crippen LogP contribution is -2.32. The molecule has 1 aliphatic heterocycles. The van der Waals surface area contributed by atoms with Crippen LogP contribution in [0, 0.1) is 0 Å². The Morgan fingerprint density at radius 2 is 1.95 bits per heavy atom. The van der Waals surface area contributed by atoms with Crippen molar-refractivity contribution in [3.8, 4) is 5.75 Å². The highest BCUT2D eigenvalue weighted by Crippen LogP contribution is 2.18. The number of hydrogen-bond donors (Lipinski definition) is 1. The number of imide groups is 1. The largest absolute Gasteiger partial charge is 0.494 e. The van der Waals surface area contributed by atoms with Gasteiger partial charge in [0.1, 0.15) is 5.75 Å². The standard InChI is InChI=1S/C15H20N2O3/c1-11(2)12-4-6-13(7-5-12)20-9-3-8-17-14(18)10-16-15(17)19/h4-7,11H,3,8-10H2,1-2H3,(H,16,19). The van der Waals surface area contributed by atoms with Gasteiger partial charge in [0, 0.05) is 6.54 Å². The molecular formula is C15H20N2O3. The van der Waals surface area contributed by atoms with Crippen LogP contribution in [-0.2, 0) is 4.79 Å². The quantitative estimate of drug-likeness (QED) is 0.639. The Hall–Kier alpha value is -2.04. The van der Waals surface area contributed by atoms with Gasteiger partial charge in [0.15, 0.2) is 0 Å². The Balaban J connectivity index is 1.73. The molecule has 3 amide bonds. The molecule has 0 saturated carbocycles. The second-order valence-electron chi connectivity index (χ2n) is 5.13. The van der Waals surface area contributed by atoms with Crippen LogP contribution in [0.2, 0.25) is 0 Å². The number of urea groups is 1. The molecule has 1 saturated heterocycles. The van der Waals surface area contributed by atoms with Crippen molar-refractivity contribution in [3.05, 3.63) is 29.8 Å². The summed E-state index contributed by atoms with van der Waals surface area (Å²) in [5, 5.41) is 2.49. The number of nitrogens with one attached hydrogen (secondary N) is 1. The summed E-state index contributed by atoms with van der Waals surface area (Å²) in [5.41, 5.74) is 1.27. The van der Waals surface area contributed by atoms with Crippen LogP contribution in [0.25, 0.3) is 0 Å². The summed E-state index contributed by atoms with van der Waals surface area (Å²) in [6, 6.07) is 7.69. The third-order valence-electron chi connectivity index (χ3n) is 3.28. The van der Waals surface area contributed by atoms with Crippen molar-refractivity contribution in [3.63, 3.8) is 0 Å². The molecule has 0 aliphatic carbocycles. The molecule has 108 valence electrons. The van der Waals surface area contributed by atoms with E-state index in [1.165, 1.54) is 10.5 Å². The highest BCUT2D eigenvalue weighted by atomic mass is 16.5. The molecule has 5 nitrogen and oxygen atoms in total. The molecule has 1 aromatic carbocycles. The van der Waals surface area contributed by atoms with E-state index < -0.39 is 0 Å². The molecule has 1 fully saturated rings. The third-order valence-corrected chi connectivity index (χ3v) is 3.28. The van der Waals surface area contributed by atoms with Crippen molar-refractivity contribution in [2.24, 2.45) is 0 Å². The highest BCUT2D eigenvalue weighted by Gasteiger charge is 2.27. The summed E-state index contributed by atoms with van der Waals surface area (Å²) < 4.78 is 5.60. The minimum Gasteiger partial charge on any atom is -0.494 e. The summed E-state index contributed by atoms with van der Waals surface area (Å²) in [6.07, 6.45) is 0.630. The molecule has 0 atom stereocenters. The van der Waals surface area contributed by atoms with Crippen LogP contribution in [0.3, 0.4) is 0 Å². The summed E-state index contributed by atoms with van der Waals surface area (Å²) in [5.74, 6) is 1.15. The summed E-state index contributed by atoms with van der Waals surface area (Å²) in [6.45, 7) is 5.28. The maximum atomic E-state index is 11.4. The monoisotopic (exact) mass is 276 g/mol. The normalized spacial score (nSPS) is 14.8. The smallest absolute Gasteiger partial charge is 0.324 e. The van der Waals surface area contributed by atoms with Gasteiger partial charge in [-0.05, 0) is 30.0 Å². The van der Waals surface area contributed by atoms with E-state index in [0.717, 1.165) is 5.75 Å². The SMILES string of the molecule is CC(C)c1ccc(OCCCN2C(=O)CNC2=O)cc1. The fourth-order valence-electron chi connectivity index (χ4n) is 2.04. The molecule has 1 heterocycles. The Bertz CT molecular complexity index is 466. The van der Waals surface area contributed by atoms with Crippen LogP contribution in [0.4, 0.5) is 4.79 Å². The fourth-order valence-corrected chi connectivity index (χ4v) is 2.04. The van der Waals surface area contributed by atoms with Gasteiger partial charge in [-0.15, -0.1) is 0 Å². The maximum absolute atomic E-state index is 11.4. The zero-order chi connectivity index (χ0) is 14.5. The van der Waals surface area contributed by atoms with E-state index in [1.54, 1.807) is 0 Å². The number of rotatable bonds is 6. The number of amides is 3. The molecule has 5 heteroatoms. The van der Waals surface area contributed by atoms with Gasteiger partial charge in [0.25, 0.3) is 0 Å². The van der Waals surface area contributed by atoms with Crippen molar-refractivity contribution in [1.82, 2.24) is 10.2 Å². The Morgan fingerprint density at radius 1 is 1.25 bits per heavy atom. The zero-order valence-corrected chi connectivity index (χ0v) is 11.9. The average molecular weight is 276 g/mol. The van der Waals surface area contributed by atoms with Gasteiger partial charge in [-0.2, -0.15) is 0 Å². The van der Waals surface area contributed by atoms with Gasteiger partial charge >= 0.3 is 6.03 Å². The van der Waals surface area contributed by atoms with Gasteiger partial charge in [-0.1, -0.05) is 26.0 Å². The number of carbonyl (C=O) groups excluding carboxylic acids is 2. The van der Waals surface area contributed by atoms with Gasteiger partial charge in [0.2, 0.25) is 5.91 Å². The number of benzene rings is 1. The van der Waals surface area contributed by atoms with Crippen LogP contribution >= 0.6 is 0 Å². The molecule has 1 aliphatic rings. The number of nitrogens with zero attached hydrogens (tertiary/aromatic N) is 1. The molecule has 20 heavy (non-hydrogen) atoms. The summed E-state index contributed by atoms with van der Waals surface area (Å²) >= 11 is 0. The number of hydrogen-bond acceptors (Lipinski definition) is 3. The second kappa shape index (κ2) is 6.41. The highest BCUT2D eigenvalue weighted by molar-refractivity contribution is 6.01. The Kier molecular flexibility index (Phi) is 4.61. The summed E-state index contributed by atoms with van der Waals surface area (Å²) in [4.78, 5) is 23.9. The van der Waals surface area contributed by atoms with E-state index in [9.17, 15) is 9.59 Å². The van der Waals surface area contributed by atoms with E-state index >= 15 is 0 Å². The lowest BCUT2D eigenvalue weighted by Gasteiger charge is -2.13. The van der Waals surface area contributed by atoms with Crippen LogP contribution < -0.4 is 10.1 Å². The van der Waals surface area contributed by atoms with E-state index in [-0.39, 0.29) is 18.5 Å². The molecule has 0 radical (unpaired) electrons. The third kappa shape index (κ3) is 3.50. The fraction of sp³-hybridized carbons (Fsp3) is 0.467. The van der Waals surface area contributed by atoms with Crippen LogP contribution in [0.15, 0.2) is 24.3 Å². The first-order valence-electron chi connectivity index (χ1n) is 6.89. The van der Waals surface area contributed by atoms with Gasteiger partial charge < -0.3 is 10.1 Å². The van der Waals surface area contributed by atoms with Gasteiger partial charge in [-0.3, -0.25) is 9.69 Å². The number of ether oxygens (including phenoxy) is 1. The minimum atomic E-state index is -0.309. The van der Waals surface area contributed by atoms with Crippen LogP contribution in [0.5, 0.6) is 5.75 Å². The van der Waals surface area contributed by atoms with E-state index in [4.69, 9.17) is 4.74 Å².